The Balaban J connectivity index is 2.67. The van der Waals surface area contributed by atoms with Crippen LogP contribution >= 0.6 is 0 Å². The van der Waals surface area contributed by atoms with Gasteiger partial charge >= 0.3 is 12.1 Å². The first kappa shape index (κ1) is 20.9. The van der Waals surface area contributed by atoms with Crippen LogP contribution in [0.1, 0.15) is 19.4 Å². The molecule has 9 nitrogen and oxygen atoms in total. The summed E-state index contributed by atoms with van der Waals surface area (Å²) >= 11 is 0. The summed E-state index contributed by atoms with van der Waals surface area (Å²) in [7, 11) is 1.16. The fraction of sp³-hybridized carbons (Fsp3) is 0.412. The van der Waals surface area contributed by atoms with Gasteiger partial charge in [0.15, 0.2) is 0 Å². The number of esters is 1. The number of rotatable bonds is 8. The maximum Gasteiger partial charge on any atom is 0.408 e. The summed E-state index contributed by atoms with van der Waals surface area (Å²) in [6, 6.07) is 6.94. The van der Waals surface area contributed by atoms with Gasteiger partial charge in [-0.15, -0.1) is 0 Å². The monoisotopic (exact) mass is 365 g/mol. The van der Waals surface area contributed by atoms with Gasteiger partial charge in [-0.3, -0.25) is 9.59 Å². The standard InChI is InChI=1S/C17H23N3O6/c1-11(19-17(24)26-10-13-7-5-4-6-8-13)15(22)20(9-14(18)21)12(2)16(23)25-3/h4-8,11-12H,9-10H2,1-3H3,(H2,18,21)(H,19,24)/t11-,12-/m0/s1. The molecule has 0 unspecified atom stereocenters. The maximum absolute atomic E-state index is 12.5. The molecule has 2 atom stereocenters. The average Bonchev–Trinajstić information content (AvgIpc) is 2.63. The lowest BCUT2D eigenvalue weighted by Gasteiger charge is -2.28. The SMILES string of the molecule is COC(=O)[C@H](C)N(CC(N)=O)C(=O)[C@H](C)NC(=O)OCc1ccccc1. The van der Waals surface area contributed by atoms with E-state index in [9.17, 15) is 19.2 Å². The molecule has 0 saturated heterocycles. The number of benzene rings is 1. The van der Waals surface area contributed by atoms with E-state index in [0.29, 0.717) is 0 Å². The van der Waals surface area contributed by atoms with Gasteiger partial charge in [0.25, 0.3) is 0 Å². The highest BCUT2D eigenvalue weighted by molar-refractivity contribution is 5.92. The predicted octanol–water partition coefficient (Wildman–Crippen LogP) is 0.177. The van der Waals surface area contributed by atoms with E-state index in [0.717, 1.165) is 17.6 Å². The summed E-state index contributed by atoms with van der Waals surface area (Å²) in [4.78, 5) is 48.1. The van der Waals surface area contributed by atoms with Gasteiger partial charge in [0, 0.05) is 0 Å². The van der Waals surface area contributed by atoms with Crippen LogP contribution in [0.5, 0.6) is 0 Å². The van der Waals surface area contributed by atoms with Crippen molar-refractivity contribution in [2.45, 2.75) is 32.5 Å². The second-order valence-electron chi connectivity index (χ2n) is 5.56. The third-order valence-corrected chi connectivity index (χ3v) is 3.54. The highest BCUT2D eigenvalue weighted by Crippen LogP contribution is 2.06. The number of nitrogens with one attached hydrogen (secondary N) is 1. The first-order valence-electron chi connectivity index (χ1n) is 7.90. The van der Waals surface area contributed by atoms with Crippen LogP contribution in [0.25, 0.3) is 0 Å². The lowest BCUT2D eigenvalue weighted by atomic mass is 10.2. The molecule has 1 aromatic carbocycles. The Morgan fingerprint density at radius 1 is 1.15 bits per heavy atom. The minimum absolute atomic E-state index is 0.0388. The molecule has 1 aromatic rings. The minimum atomic E-state index is -1.04. The molecule has 0 aliphatic rings. The van der Waals surface area contributed by atoms with Crippen LogP contribution in [0.2, 0.25) is 0 Å². The van der Waals surface area contributed by atoms with E-state index in [2.05, 4.69) is 10.1 Å². The Labute approximate surface area is 151 Å². The third-order valence-electron chi connectivity index (χ3n) is 3.54. The van der Waals surface area contributed by atoms with Crippen LogP contribution in [0.3, 0.4) is 0 Å². The van der Waals surface area contributed by atoms with Crippen molar-refractivity contribution >= 4 is 23.9 Å². The topological polar surface area (TPSA) is 128 Å². The molecule has 0 bridgehead atoms. The van der Waals surface area contributed by atoms with E-state index in [4.69, 9.17) is 10.5 Å². The fourth-order valence-electron chi connectivity index (χ4n) is 2.12. The Bertz CT molecular complexity index is 649. The van der Waals surface area contributed by atoms with Crippen molar-refractivity contribution in [3.8, 4) is 0 Å². The number of hydrogen-bond donors (Lipinski definition) is 2. The lowest BCUT2D eigenvalue weighted by Crippen LogP contribution is -2.54. The number of amides is 3. The summed E-state index contributed by atoms with van der Waals surface area (Å²) in [6.45, 7) is 2.36. The number of nitrogens with zero attached hydrogens (tertiary/aromatic N) is 1. The maximum atomic E-state index is 12.5. The summed E-state index contributed by atoms with van der Waals surface area (Å²) in [5.74, 6) is -2.18. The predicted molar refractivity (Wildman–Crippen MR) is 91.6 cm³/mol. The largest absolute Gasteiger partial charge is 0.467 e. The number of nitrogens with two attached hydrogens (primary N) is 1. The van der Waals surface area contributed by atoms with E-state index in [-0.39, 0.29) is 6.61 Å². The second kappa shape index (κ2) is 10.0. The van der Waals surface area contributed by atoms with Crippen LogP contribution in [-0.4, -0.2) is 54.5 Å². The van der Waals surface area contributed by atoms with Gasteiger partial charge in [-0.25, -0.2) is 9.59 Å². The molecular weight excluding hydrogens is 342 g/mol. The molecule has 0 fully saturated rings. The Kier molecular flexibility index (Phi) is 8.07. The first-order chi connectivity index (χ1) is 12.3. The van der Waals surface area contributed by atoms with Crippen molar-refractivity contribution in [2.24, 2.45) is 5.73 Å². The Hall–Kier alpha value is -3.10. The van der Waals surface area contributed by atoms with Gasteiger partial charge in [-0.2, -0.15) is 0 Å². The lowest BCUT2D eigenvalue weighted by molar-refractivity contribution is -0.153. The number of methoxy groups -OCH3 is 1. The fourth-order valence-corrected chi connectivity index (χ4v) is 2.12. The van der Waals surface area contributed by atoms with E-state index in [1.165, 1.54) is 13.8 Å². The highest BCUT2D eigenvalue weighted by Gasteiger charge is 2.31. The molecule has 26 heavy (non-hydrogen) atoms. The normalized spacial score (nSPS) is 12.4. The summed E-state index contributed by atoms with van der Waals surface area (Å²) in [5.41, 5.74) is 5.92. The Morgan fingerprint density at radius 3 is 2.31 bits per heavy atom. The van der Waals surface area contributed by atoms with Crippen LogP contribution in [-0.2, 0) is 30.5 Å². The van der Waals surface area contributed by atoms with E-state index >= 15 is 0 Å². The molecule has 0 saturated carbocycles. The second-order valence-corrected chi connectivity index (χ2v) is 5.56. The smallest absolute Gasteiger partial charge is 0.408 e. The zero-order valence-electron chi connectivity index (χ0n) is 14.9. The molecule has 3 N–H and O–H groups in total. The number of primary amides is 1. The number of carbonyl (C=O) groups is 4. The van der Waals surface area contributed by atoms with Gasteiger partial charge in [-0.1, -0.05) is 30.3 Å². The number of hydrogen-bond acceptors (Lipinski definition) is 6. The van der Waals surface area contributed by atoms with Crippen LogP contribution < -0.4 is 11.1 Å². The highest BCUT2D eigenvalue weighted by atomic mass is 16.5. The molecule has 3 amide bonds. The van der Waals surface area contributed by atoms with Crippen molar-refractivity contribution in [3.05, 3.63) is 35.9 Å². The molecule has 0 aliphatic carbocycles. The summed E-state index contributed by atoms with van der Waals surface area (Å²) in [6.07, 6.45) is -0.806. The van der Waals surface area contributed by atoms with Crippen LogP contribution in [0.15, 0.2) is 30.3 Å². The first-order valence-corrected chi connectivity index (χ1v) is 7.90. The molecule has 0 radical (unpaired) electrons. The van der Waals surface area contributed by atoms with Gasteiger partial charge in [0.05, 0.1) is 7.11 Å². The van der Waals surface area contributed by atoms with Crippen molar-refractivity contribution in [2.75, 3.05) is 13.7 Å². The molecular formula is C17H23N3O6. The van der Waals surface area contributed by atoms with E-state index < -0.39 is 42.5 Å². The number of carbonyl (C=O) groups excluding carboxylic acids is 4. The van der Waals surface area contributed by atoms with Gasteiger partial charge in [0.2, 0.25) is 11.8 Å². The molecule has 9 heteroatoms. The van der Waals surface area contributed by atoms with E-state index in [1.807, 2.05) is 6.07 Å². The van der Waals surface area contributed by atoms with Gasteiger partial charge < -0.3 is 25.4 Å². The summed E-state index contributed by atoms with van der Waals surface area (Å²) in [5, 5.41) is 2.36. The van der Waals surface area contributed by atoms with Crippen LogP contribution in [0.4, 0.5) is 4.79 Å². The molecule has 0 spiro atoms. The Morgan fingerprint density at radius 2 is 1.77 bits per heavy atom. The molecule has 0 aliphatic heterocycles. The molecule has 1 rings (SSSR count). The van der Waals surface area contributed by atoms with Crippen molar-refractivity contribution in [1.29, 1.82) is 0 Å². The number of alkyl carbamates (subject to hydrolysis) is 1. The quantitative estimate of drug-likeness (QED) is 0.632. The molecule has 142 valence electrons. The van der Waals surface area contributed by atoms with Crippen molar-refractivity contribution in [1.82, 2.24) is 10.2 Å². The van der Waals surface area contributed by atoms with Gasteiger partial charge in [0.1, 0.15) is 25.2 Å². The zero-order chi connectivity index (χ0) is 19.7. The van der Waals surface area contributed by atoms with E-state index in [1.54, 1.807) is 24.3 Å². The van der Waals surface area contributed by atoms with Crippen LogP contribution in [0, 0.1) is 0 Å². The zero-order valence-corrected chi connectivity index (χ0v) is 14.9. The van der Waals surface area contributed by atoms with Crippen molar-refractivity contribution in [3.63, 3.8) is 0 Å². The molecule has 0 aromatic heterocycles. The molecule has 0 heterocycles. The number of ether oxygens (including phenoxy) is 2. The average molecular weight is 365 g/mol. The summed E-state index contributed by atoms with van der Waals surface area (Å²) < 4.78 is 9.61. The third kappa shape index (κ3) is 6.42. The van der Waals surface area contributed by atoms with Gasteiger partial charge in [-0.05, 0) is 19.4 Å². The minimum Gasteiger partial charge on any atom is -0.467 e. The van der Waals surface area contributed by atoms with Crippen molar-refractivity contribution < 1.29 is 28.7 Å².